The lowest BCUT2D eigenvalue weighted by molar-refractivity contribution is 0.246. The molecule has 0 aliphatic carbocycles. The maximum absolute atomic E-state index is 13.6. The van der Waals surface area contributed by atoms with Gasteiger partial charge < -0.3 is 19.0 Å². The summed E-state index contributed by atoms with van der Waals surface area (Å²) in [7, 11) is 0. The van der Waals surface area contributed by atoms with Crippen molar-refractivity contribution in [1.29, 1.82) is 5.26 Å². The van der Waals surface area contributed by atoms with E-state index in [1.807, 2.05) is 4.90 Å². The molecule has 3 rings (SSSR count). The Balaban J connectivity index is 1.69. The smallest absolute Gasteiger partial charge is 0.236 e. The molecule has 126 valence electrons. The summed E-state index contributed by atoms with van der Waals surface area (Å²) in [6.45, 7) is 6.52. The van der Waals surface area contributed by atoms with Crippen molar-refractivity contribution in [1.82, 2.24) is 9.88 Å². The van der Waals surface area contributed by atoms with E-state index in [0.717, 1.165) is 32.7 Å². The quantitative estimate of drug-likeness (QED) is 0.839. The Morgan fingerprint density at radius 1 is 1.29 bits per heavy atom. The Morgan fingerprint density at radius 2 is 2.04 bits per heavy atom. The van der Waals surface area contributed by atoms with Crippen molar-refractivity contribution in [2.24, 2.45) is 0 Å². The molecule has 6 nitrogen and oxygen atoms in total. The van der Waals surface area contributed by atoms with E-state index in [4.69, 9.17) is 9.15 Å². The standard InChI is InChI=1S/C17H19FN4O2/c1-2-21-7-9-22(10-8-21)17-14(11-19)20-16(24-17)12-23-15-6-4-3-5-13(15)18/h3-6H,2,7-10,12H2,1H3. The fraction of sp³-hybridized carbons (Fsp3) is 0.412. The van der Waals surface area contributed by atoms with E-state index in [1.165, 1.54) is 12.1 Å². The predicted octanol–water partition coefficient (Wildman–Crippen LogP) is 2.41. The van der Waals surface area contributed by atoms with Crippen LogP contribution in [0, 0.1) is 17.1 Å². The van der Waals surface area contributed by atoms with E-state index in [-0.39, 0.29) is 23.9 Å². The third kappa shape index (κ3) is 3.49. The highest BCUT2D eigenvalue weighted by Crippen LogP contribution is 2.24. The van der Waals surface area contributed by atoms with Gasteiger partial charge in [-0.1, -0.05) is 19.1 Å². The molecule has 0 spiro atoms. The van der Waals surface area contributed by atoms with Gasteiger partial charge in [-0.2, -0.15) is 10.2 Å². The van der Waals surface area contributed by atoms with Gasteiger partial charge in [0, 0.05) is 26.2 Å². The highest BCUT2D eigenvalue weighted by atomic mass is 19.1. The number of hydrogen-bond donors (Lipinski definition) is 0. The average molecular weight is 330 g/mol. The van der Waals surface area contributed by atoms with Gasteiger partial charge in [0.25, 0.3) is 0 Å². The average Bonchev–Trinajstić information content (AvgIpc) is 3.04. The lowest BCUT2D eigenvalue weighted by Gasteiger charge is -2.33. The number of aromatic nitrogens is 1. The molecule has 1 saturated heterocycles. The molecule has 1 aromatic carbocycles. The molecule has 0 radical (unpaired) electrons. The second-order valence-corrected chi connectivity index (χ2v) is 5.51. The Hall–Kier alpha value is -2.59. The first kappa shape index (κ1) is 16.3. The van der Waals surface area contributed by atoms with Crippen molar-refractivity contribution in [3.63, 3.8) is 0 Å². The van der Waals surface area contributed by atoms with Gasteiger partial charge in [0.2, 0.25) is 17.5 Å². The third-order valence-electron chi connectivity index (χ3n) is 4.05. The van der Waals surface area contributed by atoms with Gasteiger partial charge in [-0.25, -0.2) is 4.39 Å². The second kappa shape index (κ2) is 7.32. The molecule has 0 saturated carbocycles. The van der Waals surface area contributed by atoms with Crippen LogP contribution in [-0.4, -0.2) is 42.6 Å². The van der Waals surface area contributed by atoms with Gasteiger partial charge in [-0.3, -0.25) is 0 Å². The first-order chi connectivity index (χ1) is 11.7. The molecule has 1 aliphatic rings. The monoisotopic (exact) mass is 330 g/mol. The summed E-state index contributed by atoms with van der Waals surface area (Å²) < 4.78 is 24.7. The minimum absolute atomic E-state index is 0.0233. The number of nitrogens with zero attached hydrogens (tertiary/aromatic N) is 4. The van der Waals surface area contributed by atoms with Crippen molar-refractivity contribution < 1.29 is 13.5 Å². The van der Waals surface area contributed by atoms with Gasteiger partial charge in [-0.15, -0.1) is 0 Å². The fourth-order valence-corrected chi connectivity index (χ4v) is 2.67. The first-order valence-corrected chi connectivity index (χ1v) is 7.95. The van der Waals surface area contributed by atoms with E-state index in [1.54, 1.807) is 12.1 Å². The summed E-state index contributed by atoms with van der Waals surface area (Å²) in [5.74, 6) is 0.427. The second-order valence-electron chi connectivity index (χ2n) is 5.51. The maximum Gasteiger partial charge on any atom is 0.236 e. The number of likely N-dealkylation sites (N-methyl/N-ethyl adjacent to an activating group) is 1. The van der Waals surface area contributed by atoms with E-state index in [2.05, 4.69) is 22.9 Å². The van der Waals surface area contributed by atoms with Gasteiger partial charge in [0.1, 0.15) is 6.07 Å². The molecular formula is C17H19FN4O2. The summed E-state index contributed by atoms with van der Waals surface area (Å²) in [4.78, 5) is 8.51. The predicted molar refractivity (Wildman–Crippen MR) is 86.3 cm³/mol. The minimum Gasteiger partial charge on any atom is -0.481 e. The molecule has 1 fully saturated rings. The summed E-state index contributed by atoms with van der Waals surface area (Å²) in [5.41, 5.74) is 0.243. The maximum atomic E-state index is 13.6. The number of piperazine rings is 1. The van der Waals surface area contributed by atoms with E-state index in [9.17, 15) is 9.65 Å². The van der Waals surface area contributed by atoms with Crippen LogP contribution in [0.5, 0.6) is 5.75 Å². The van der Waals surface area contributed by atoms with Gasteiger partial charge in [-0.05, 0) is 18.7 Å². The number of oxazole rings is 1. The molecule has 1 aliphatic heterocycles. The van der Waals surface area contributed by atoms with Gasteiger partial charge in [0.05, 0.1) is 0 Å². The van der Waals surface area contributed by atoms with Crippen LogP contribution in [0.15, 0.2) is 28.7 Å². The lowest BCUT2D eigenvalue weighted by atomic mass is 10.3. The van der Waals surface area contributed by atoms with Crippen LogP contribution in [0.4, 0.5) is 10.3 Å². The zero-order valence-corrected chi connectivity index (χ0v) is 13.5. The summed E-state index contributed by atoms with van der Waals surface area (Å²) in [6, 6.07) is 8.20. The largest absolute Gasteiger partial charge is 0.481 e. The minimum atomic E-state index is -0.444. The van der Waals surface area contributed by atoms with Crippen LogP contribution in [0.2, 0.25) is 0 Å². The fourth-order valence-electron chi connectivity index (χ4n) is 2.67. The third-order valence-corrected chi connectivity index (χ3v) is 4.05. The van der Waals surface area contributed by atoms with Crippen LogP contribution in [0.3, 0.4) is 0 Å². The normalized spacial score (nSPS) is 15.3. The van der Waals surface area contributed by atoms with Crippen LogP contribution in [0.25, 0.3) is 0 Å². The topological polar surface area (TPSA) is 65.5 Å². The Labute approximate surface area is 140 Å². The number of rotatable bonds is 5. The number of ether oxygens (including phenoxy) is 1. The van der Waals surface area contributed by atoms with E-state index >= 15 is 0 Å². The summed E-state index contributed by atoms with van der Waals surface area (Å²) >= 11 is 0. The van der Waals surface area contributed by atoms with Gasteiger partial charge in [0.15, 0.2) is 18.2 Å². The Morgan fingerprint density at radius 3 is 2.71 bits per heavy atom. The molecule has 7 heteroatoms. The molecular weight excluding hydrogens is 311 g/mol. The summed E-state index contributed by atoms with van der Waals surface area (Å²) in [6.07, 6.45) is 0. The van der Waals surface area contributed by atoms with Crippen LogP contribution >= 0.6 is 0 Å². The number of halogens is 1. The first-order valence-electron chi connectivity index (χ1n) is 7.95. The Kier molecular flexibility index (Phi) is 4.96. The highest BCUT2D eigenvalue weighted by Gasteiger charge is 2.23. The molecule has 0 amide bonds. The molecule has 2 heterocycles. The van der Waals surface area contributed by atoms with Crippen LogP contribution < -0.4 is 9.64 Å². The van der Waals surface area contributed by atoms with Crippen molar-refractivity contribution in [2.45, 2.75) is 13.5 Å². The molecule has 0 atom stereocenters. The zero-order chi connectivity index (χ0) is 16.9. The lowest BCUT2D eigenvalue weighted by Crippen LogP contribution is -2.46. The summed E-state index contributed by atoms with van der Waals surface area (Å²) in [5, 5.41) is 9.28. The molecule has 0 bridgehead atoms. The molecule has 0 unspecified atom stereocenters. The van der Waals surface area contributed by atoms with Gasteiger partial charge >= 0.3 is 0 Å². The molecule has 0 N–H and O–H groups in total. The molecule has 1 aromatic heterocycles. The van der Waals surface area contributed by atoms with Crippen molar-refractivity contribution >= 4 is 5.88 Å². The van der Waals surface area contributed by atoms with Crippen LogP contribution in [0.1, 0.15) is 18.5 Å². The Bertz CT molecular complexity index is 732. The van der Waals surface area contributed by atoms with Crippen molar-refractivity contribution in [2.75, 3.05) is 37.6 Å². The SMILES string of the molecule is CCN1CCN(c2oc(COc3ccccc3F)nc2C#N)CC1. The zero-order valence-electron chi connectivity index (χ0n) is 13.5. The van der Waals surface area contributed by atoms with E-state index < -0.39 is 5.82 Å². The number of anilines is 1. The number of hydrogen-bond acceptors (Lipinski definition) is 6. The van der Waals surface area contributed by atoms with Crippen LogP contribution in [-0.2, 0) is 6.61 Å². The van der Waals surface area contributed by atoms with Crippen molar-refractivity contribution in [3.8, 4) is 11.8 Å². The highest BCUT2D eigenvalue weighted by molar-refractivity contribution is 5.48. The molecule has 2 aromatic rings. The number of para-hydroxylation sites is 1. The van der Waals surface area contributed by atoms with E-state index in [0.29, 0.717) is 5.88 Å². The number of nitriles is 1. The van der Waals surface area contributed by atoms with Crippen molar-refractivity contribution in [3.05, 3.63) is 41.7 Å². The number of benzene rings is 1. The molecule has 24 heavy (non-hydrogen) atoms.